The SMILES string of the molecule is CNc1ccc(C(=O)O[C@@H](C)C(=O)Nc2sccc2C#N)cc1[N+](=O)[O-]. The number of esters is 1. The minimum absolute atomic E-state index is 0.0517. The second kappa shape index (κ2) is 8.09. The maximum Gasteiger partial charge on any atom is 0.339 e. The van der Waals surface area contributed by atoms with Crippen LogP contribution in [0.3, 0.4) is 0 Å². The van der Waals surface area contributed by atoms with Gasteiger partial charge in [-0.05, 0) is 30.5 Å². The first-order valence-electron chi connectivity index (χ1n) is 7.33. The lowest BCUT2D eigenvalue weighted by Crippen LogP contribution is -2.30. The van der Waals surface area contributed by atoms with Crippen LogP contribution in [0.5, 0.6) is 0 Å². The quantitative estimate of drug-likeness (QED) is 0.451. The van der Waals surface area contributed by atoms with E-state index in [-0.39, 0.29) is 16.9 Å². The maximum absolute atomic E-state index is 12.2. The molecule has 2 N–H and O–H groups in total. The summed E-state index contributed by atoms with van der Waals surface area (Å²) in [7, 11) is 1.52. The van der Waals surface area contributed by atoms with E-state index in [2.05, 4.69) is 10.6 Å². The van der Waals surface area contributed by atoms with Crippen LogP contribution in [0.2, 0.25) is 0 Å². The van der Waals surface area contributed by atoms with Crippen molar-refractivity contribution in [1.29, 1.82) is 5.26 Å². The smallest absolute Gasteiger partial charge is 0.339 e. The summed E-state index contributed by atoms with van der Waals surface area (Å²) in [5.41, 5.74) is 0.222. The molecule has 0 saturated heterocycles. The van der Waals surface area contributed by atoms with Crippen LogP contribution >= 0.6 is 11.3 Å². The molecule has 0 fully saturated rings. The highest BCUT2D eigenvalue weighted by Gasteiger charge is 2.23. The van der Waals surface area contributed by atoms with Gasteiger partial charge in [-0.1, -0.05) is 0 Å². The molecule has 0 aliphatic rings. The second-order valence-electron chi connectivity index (χ2n) is 5.05. The molecule has 1 amide bonds. The molecule has 1 aromatic heterocycles. The highest BCUT2D eigenvalue weighted by Crippen LogP contribution is 2.26. The fourth-order valence-corrected chi connectivity index (χ4v) is 2.75. The lowest BCUT2D eigenvalue weighted by atomic mass is 10.1. The molecule has 1 heterocycles. The molecule has 0 unspecified atom stereocenters. The predicted octanol–water partition coefficient (Wildman–Crippen LogP) is 2.75. The maximum atomic E-state index is 12.2. The van der Waals surface area contributed by atoms with Crippen molar-refractivity contribution in [3.8, 4) is 6.07 Å². The lowest BCUT2D eigenvalue weighted by Gasteiger charge is -2.13. The molecule has 0 saturated carbocycles. The van der Waals surface area contributed by atoms with Gasteiger partial charge in [-0.25, -0.2) is 4.79 Å². The van der Waals surface area contributed by atoms with E-state index in [1.807, 2.05) is 6.07 Å². The number of nitrogens with one attached hydrogen (secondary N) is 2. The van der Waals surface area contributed by atoms with Crippen LogP contribution in [-0.2, 0) is 9.53 Å². The van der Waals surface area contributed by atoms with Crippen LogP contribution < -0.4 is 10.6 Å². The number of thiophene rings is 1. The van der Waals surface area contributed by atoms with E-state index in [1.165, 1.54) is 37.4 Å². The molecule has 2 aromatic rings. The third-order valence-electron chi connectivity index (χ3n) is 3.37. The van der Waals surface area contributed by atoms with Gasteiger partial charge < -0.3 is 15.4 Å². The van der Waals surface area contributed by atoms with Gasteiger partial charge in [0.05, 0.1) is 16.1 Å². The number of ether oxygens (including phenoxy) is 1. The Morgan fingerprint density at radius 1 is 1.38 bits per heavy atom. The first kappa shape index (κ1) is 18.9. The molecule has 134 valence electrons. The van der Waals surface area contributed by atoms with Gasteiger partial charge in [-0.15, -0.1) is 11.3 Å². The first-order valence-corrected chi connectivity index (χ1v) is 8.21. The largest absolute Gasteiger partial charge is 0.449 e. The number of rotatable bonds is 6. The van der Waals surface area contributed by atoms with E-state index in [9.17, 15) is 19.7 Å². The van der Waals surface area contributed by atoms with Gasteiger partial charge >= 0.3 is 5.97 Å². The molecule has 0 bridgehead atoms. The minimum atomic E-state index is -1.15. The third-order valence-corrected chi connectivity index (χ3v) is 4.20. The van der Waals surface area contributed by atoms with Crippen molar-refractivity contribution in [3.63, 3.8) is 0 Å². The molecule has 0 spiro atoms. The van der Waals surface area contributed by atoms with Gasteiger partial charge in [0, 0.05) is 13.1 Å². The number of hydrogen-bond donors (Lipinski definition) is 2. The Kier molecular flexibility index (Phi) is 5.87. The summed E-state index contributed by atoms with van der Waals surface area (Å²) in [6.45, 7) is 1.36. The minimum Gasteiger partial charge on any atom is -0.449 e. The number of nitriles is 1. The molecular formula is C16H14N4O5S. The summed E-state index contributed by atoms with van der Waals surface area (Å²) >= 11 is 1.17. The summed E-state index contributed by atoms with van der Waals surface area (Å²) in [5, 5.41) is 27.1. The second-order valence-corrected chi connectivity index (χ2v) is 5.97. The van der Waals surface area contributed by atoms with Crippen molar-refractivity contribution >= 4 is 39.6 Å². The number of nitro benzene ring substituents is 1. The van der Waals surface area contributed by atoms with Gasteiger partial charge in [0.2, 0.25) is 0 Å². The standard InChI is InChI=1S/C16H14N4O5S/c1-9(14(21)19-15-11(8-17)5-6-26-15)25-16(22)10-3-4-12(18-2)13(7-10)20(23)24/h3-7,9,18H,1-2H3,(H,19,21)/t9-/m0/s1. The fourth-order valence-electron chi connectivity index (χ4n) is 2.01. The molecule has 26 heavy (non-hydrogen) atoms. The van der Waals surface area contributed by atoms with Crippen LogP contribution in [0.25, 0.3) is 0 Å². The number of carbonyl (C=O) groups is 2. The van der Waals surface area contributed by atoms with E-state index >= 15 is 0 Å². The van der Waals surface area contributed by atoms with Crippen LogP contribution in [0.4, 0.5) is 16.4 Å². The van der Waals surface area contributed by atoms with Crippen molar-refractivity contribution in [3.05, 3.63) is 50.9 Å². The summed E-state index contributed by atoms with van der Waals surface area (Å²) in [5.74, 6) is -1.48. The molecule has 0 radical (unpaired) electrons. The number of hydrogen-bond acceptors (Lipinski definition) is 8. The topological polar surface area (TPSA) is 134 Å². The van der Waals surface area contributed by atoms with Gasteiger partial charge in [0.25, 0.3) is 11.6 Å². The molecular weight excluding hydrogens is 360 g/mol. The average Bonchev–Trinajstić information content (AvgIpc) is 3.07. The van der Waals surface area contributed by atoms with E-state index in [1.54, 1.807) is 11.4 Å². The first-order chi connectivity index (χ1) is 12.4. The third kappa shape index (κ3) is 4.14. The number of nitrogens with zero attached hydrogens (tertiary/aromatic N) is 2. The van der Waals surface area contributed by atoms with Gasteiger partial charge in [0.1, 0.15) is 16.8 Å². The number of anilines is 2. The van der Waals surface area contributed by atoms with Crippen LogP contribution in [-0.4, -0.2) is 30.0 Å². The zero-order valence-corrected chi connectivity index (χ0v) is 14.6. The number of carbonyl (C=O) groups excluding carboxylic acids is 2. The van der Waals surface area contributed by atoms with Crippen molar-refractivity contribution in [2.24, 2.45) is 0 Å². The molecule has 1 aromatic carbocycles. The Bertz CT molecular complexity index is 902. The van der Waals surface area contributed by atoms with Crippen molar-refractivity contribution in [2.45, 2.75) is 13.0 Å². The van der Waals surface area contributed by atoms with Crippen molar-refractivity contribution < 1.29 is 19.2 Å². The summed E-state index contributed by atoms with van der Waals surface area (Å²) in [6, 6.07) is 7.30. The highest BCUT2D eigenvalue weighted by atomic mass is 32.1. The van der Waals surface area contributed by atoms with Crippen LogP contribution in [0.15, 0.2) is 29.6 Å². The molecule has 1 atom stereocenters. The fraction of sp³-hybridized carbons (Fsp3) is 0.188. The van der Waals surface area contributed by atoms with Crippen molar-refractivity contribution in [2.75, 3.05) is 17.7 Å². The van der Waals surface area contributed by atoms with E-state index in [0.717, 1.165) is 6.07 Å². The predicted molar refractivity (Wildman–Crippen MR) is 95.2 cm³/mol. The Morgan fingerprint density at radius 2 is 2.12 bits per heavy atom. The molecule has 0 aliphatic heterocycles. The van der Waals surface area contributed by atoms with Gasteiger partial charge in [-0.3, -0.25) is 14.9 Å². The average molecular weight is 374 g/mol. The Morgan fingerprint density at radius 3 is 2.73 bits per heavy atom. The highest BCUT2D eigenvalue weighted by molar-refractivity contribution is 7.14. The normalized spacial score (nSPS) is 11.1. The van der Waals surface area contributed by atoms with Gasteiger partial charge in [0.15, 0.2) is 6.10 Å². The monoisotopic (exact) mass is 374 g/mol. The van der Waals surface area contributed by atoms with Crippen molar-refractivity contribution in [1.82, 2.24) is 0 Å². The summed E-state index contributed by atoms with van der Waals surface area (Å²) in [4.78, 5) is 34.7. The molecule has 0 aliphatic carbocycles. The Balaban J connectivity index is 2.09. The number of benzene rings is 1. The summed E-state index contributed by atoms with van der Waals surface area (Å²) in [6.07, 6.45) is -1.15. The lowest BCUT2D eigenvalue weighted by molar-refractivity contribution is -0.384. The zero-order valence-electron chi connectivity index (χ0n) is 13.8. The number of nitro groups is 1. The zero-order chi connectivity index (χ0) is 19.3. The Labute approximate surface area is 152 Å². The molecule has 10 heteroatoms. The molecule has 2 rings (SSSR count). The van der Waals surface area contributed by atoms with Crippen LogP contribution in [0.1, 0.15) is 22.8 Å². The Hall–Kier alpha value is -3.45. The van der Waals surface area contributed by atoms with Crippen LogP contribution in [0, 0.1) is 21.4 Å². The van der Waals surface area contributed by atoms with Gasteiger partial charge in [-0.2, -0.15) is 5.26 Å². The number of amides is 1. The summed E-state index contributed by atoms with van der Waals surface area (Å²) < 4.78 is 5.06. The van der Waals surface area contributed by atoms with E-state index in [4.69, 9.17) is 10.00 Å². The van der Waals surface area contributed by atoms with E-state index in [0.29, 0.717) is 10.6 Å². The molecule has 9 nitrogen and oxygen atoms in total. The van der Waals surface area contributed by atoms with E-state index < -0.39 is 22.9 Å².